The molecule has 0 aliphatic heterocycles. The van der Waals surface area contributed by atoms with Crippen LogP contribution in [0.4, 0.5) is 13.2 Å². The lowest BCUT2D eigenvalue weighted by Gasteiger charge is -2.34. The molecular weight excluding hydrogens is 587 g/mol. The highest BCUT2D eigenvalue weighted by molar-refractivity contribution is 9.11. The monoisotopic (exact) mass is 599 g/mol. The van der Waals surface area contributed by atoms with Gasteiger partial charge in [0.25, 0.3) is 5.88 Å². The van der Waals surface area contributed by atoms with Crippen molar-refractivity contribution in [3.63, 3.8) is 0 Å². The maximum absolute atomic E-state index is 15.1. The summed E-state index contributed by atoms with van der Waals surface area (Å²) in [5, 5.41) is 15.7. The van der Waals surface area contributed by atoms with E-state index in [-0.39, 0.29) is 15.0 Å². The molecule has 1 aromatic carbocycles. The van der Waals surface area contributed by atoms with Gasteiger partial charge in [0, 0.05) is 17.5 Å². The van der Waals surface area contributed by atoms with Crippen LogP contribution in [-0.2, 0) is 22.3 Å². The van der Waals surface area contributed by atoms with Gasteiger partial charge < -0.3 is 9.29 Å². The van der Waals surface area contributed by atoms with Crippen molar-refractivity contribution in [2.45, 2.75) is 25.0 Å². The molecule has 0 bridgehead atoms. The zero-order valence-corrected chi connectivity index (χ0v) is 20.3. The van der Waals surface area contributed by atoms with Crippen molar-refractivity contribution in [1.82, 2.24) is 24.7 Å². The van der Waals surface area contributed by atoms with E-state index < -0.39 is 57.2 Å². The number of rotatable bonds is 7. The van der Waals surface area contributed by atoms with Crippen molar-refractivity contribution in [1.29, 1.82) is 0 Å². The Hall–Kier alpha value is -2.10. The smallest absolute Gasteiger partial charge is 0.307 e. The Morgan fingerprint density at radius 1 is 1.25 bits per heavy atom. The SMILES string of the molecule is C[C@@H](c1ncnc(OS(C)(=O)=O)c1F)[C@](O)(Cn1nc(Br)nc1Br)c1ccc(F)cc1F. The minimum atomic E-state index is -4.12. The van der Waals surface area contributed by atoms with Crippen LogP contribution in [0.2, 0.25) is 0 Å². The van der Waals surface area contributed by atoms with Crippen LogP contribution in [0, 0.1) is 17.5 Å². The average molecular weight is 601 g/mol. The topological polar surface area (TPSA) is 120 Å². The zero-order valence-electron chi connectivity index (χ0n) is 16.3. The van der Waals surface area contributed by atoms with Gasteiger partial charge in [-0.25, -0.2) is 18.4 Å². The molecule has 0 saturated carbocycles. The van der Waals surface area contributed by atoms with Gasteiger partial charge in [-0.1, -0.05) is 13.0 Å². The summed E-state index contributed by atoms with van der Waals surface area (Å²) in [7, 11) is -4.12. The van der Waals surface area contributed by atoms with Crippen LogP contribution >= 0.6 is 31.9 Å². The highest BCUT2D eigenvalue weighted by atomic mass is 79.9. The van der Waals surface area contributed by atoms with Gasteiger partial charge in [0.15, 0.2) is 4.73 Å². The number of hydrogen-bond acceptors (Lipinski definition) is 8. The number of aliphatic hydroxyl groups is 1. The molecule has 0 unspecified atom stereocenters. The molecule has 2 heterocycles. The van der Waals surface area contributed by atoms with Gasteiger partial charge in [-0.15, -0.1) is 5.10 Å². The molecule has 0 amide bonds. The number of hydrogen-bond donors (Lipinski definition) is 1. The summed E-state index contributed by atoms with van der Waals surface area (Å²) in [5.41, 5.74) is -3.11. The maximum Gasteiger partial charge on any atom is 0.307 e. The molecule has 2 aromatic heterocycles. The highest BCUT2D eigenvalue weighted by Gasteiger charge is 2.43. The first-order valence-electron chi connectivity index (χ1n) is 8.65. The lowest BCUT2D eigenvalue weighted by molar-refractivity contribution is -0.0141. The van der Waals surface area contributed by atoms with E-state index in [1.807, 2.05) is 0 Å². The predicted octanol–water partition coefficient (Wildman–Crippen LogP) is 3.04. The minimum Gasteiger partial charge on any atom is -0.382 e. The second-order valence-electron chi connectivity index (χ2n) is 6.74. The van der Waals surface area contributed by atoms with Gasteiger partial charge in [0.2, 0.25) is 10.6 Å². The molecule has 0 saturated heterocycles. The van der Waals surface area contributed by atoms with Gasteiger partial charge in [0.05, 0.1) is 18.5 Å². The molecule has 0 spiro atoms. The molecule has 0 aliphatic rings. The summed E-state index contributed by atoms with van der Waals surface area (Å²) in [6.07, 6.45) is 1.53. The van der Waals surface area contributed by atoms with Crippen molar-refractivity contribution in [2.75, 3.05) is 6.26 Å². The first kappa shape index (κ1) is 24.5. The molecule has 9 nitrogen and oxygen atoms in total. The Morgan fingerprint density at radius 3 is 2.50 bits per heavy atom. The Labute approximate surface area is 197 Å². The van der Waals surface area contributed by atoms with E-state index in [9.17, 15) is 22.3 Å². The van der Waals surface area contributed by atoms with Crippen molar-refractivity contribution in [3.8, 4) is 5.88 Å². The van der Waals surface area contributed by atoms with Crippen LogP contribution in [0.15, 0.2) is 34.0 Å². The third-order valence-corrected chi connectivity index (χ3v) is 5.91. The van der Waals surface area contributed by atoms with Crippen LogP contribution in [0.3, 0.4) is 0 Å². The molecule has 15 heteroatoms. The van der Waals surface area contributed by atoms with Crippen molar-refractivity contribution >= 4 is 42.0 Å². The fourth-order valence-electron chi connectivity index (χ4n) is 3.02. The zero-order chi connectivity index (χ0) is 23.8. The van der Waals surface area contributed by atoms with Crippen molar-refractivity contribution in [3.05, 3.63) is 62.7 Å². The number of benzene rings is 1. The lowest BCUT2D eigenvalue weighted by Crippen LogP contribution is -2.39. The molecule has 32 heavy (non-hydrogen) atoms. The largest absolute Gasteiger partial charge is 0.382 e. The number of halogens is 5. The van der Waals surface area contributed by atoms with E-state index in [1.165, 1.54) is 6.92 Å². The molecule has 1 N–H and O–H groups in total. The first-order valence-corrected chi connectivity index (χ1v) is 12.1. The van der Waals surface area contributed by atoms with E-state index >= 15 is 4.39 Å². The van der Waals surface area contributed by atoms with Crippen LogP contribution in [0.1, 0.15) is 24.1 Å². The van der Waals surface area contributed by atoms with Gasteiger partial charge in [-0.2, -0.15) is 22.8 Å². The second-order valence-corrected chi connectivity index (χ2v) is 9.74. The van der Waals surface area contributed by atoms with E-state index in [2.05, 4.69) is 56.1 Å². The maximum atomic E-state index is 15.1. The summed E-state index contributed by atoms with van der Waals surface area (Å²) in [6.45, 7) is 0.847. The fraction of sp³-hybridized carbons (Fsp3) is 0.294. The molecule has 0 fully saturated rings. The Morgan fingerprint density at radius 2 is 1.94 bits per heavy atom. The lowest BCUT2D eigenvalue weighted by atomic mass is 9.79. The minimum absolute atomic E-state index is 0.149. The predicted molar refractivity (Wildman–Crippen MR) is 112 cm³/mol. The quantitative estimate of drug-likeness (QED) is 0.411. The second kappa shape index (κ2) is 9.03. The van der Waals surface area contributed by atoms with E-state index in [0.29, 0.717) is 12.3 Å². The normalized spacial score (nSPS) is 14.8. The van der Waals surface area contributed by atoms with E-state index in [1.54, 1.807) is 0 Å². The number of nitrogens with zero attached hydrogens (tertiary/aromatic N) is 5. The Kier molecular flexibility index (Phi) is 6.93. The molecule has 0 radical (unpaired) electrons. The third kappa shape index (κ3) is 5.10. The highest BCUT2D eigenvalue weighted by Crippen LogP contribution is 2.41. The first-order chi connectivity index (χ1) is 14.8. The Balaban J connectivity index is 2.17. The molecule has 3 rings (SSSR count). The molecule has 2 atom stereocenters. The Bertz CT molecular complexity index is 1280. The summed E-state index contributed by atoms with van der Waals surface area (Å²) in [5.74, 6) is -5.48. The van der Waals surface area contributed by atoms with Crippen molar-refractivity contribution in [2.24, 2.45) is 0 Å². The van der Waals surface area contributed by atoms with Crippen LogP contribution in [0.5, 0.6) is 5.88 Å². The molecule has 3 aromatic rings. The van der Waals surface area contributed by atoms with Gasteiger partial charge in [-0.05, 0) is 37.9 Å². The summed E-state index contributed by atoms with van der Waals surface area (Å²) >= 11 is 6.21. The van der Waals surface area contributed by atoms with Crippen LogP contribution < -0.4 is 4.18 Å². The molecule has 172 valence electrons. The summed E-state index contributed by atoms with van der Waals surface area (Å²) < 4.78 is 72.1. The van der Waals surface area contributed by atoms with Gasteiger partial charge >= 0.3 is 10.1 Å². The molecular formula is C17H14Br2F3N5O4S. The number of aromatic nitrogens is 5. The fourth-order valence-corrected chi connectivity index (χ4v) is 4.39. The summed E-state index contributed by atoms with van der Waals surface area (Å²) in [6, 6.07) is 2.50. The average Bonchev–Trinajstić information content (AvgIpc) is 2.98. The standard InChI is InChI=1S/C17H14Br2F3N5O4S/c1-8(13-12(22)14(24-7-23-13)31-32(2,29)30)17(28,6-27-16(19)25-15(18)26-27)10-4-3-9(20)5-11(10)21/h3-5,7-8,28H,6H2,1-2H3/t8-,17+/m0/s1. The van der Waals surface area contributed by atoms with E-state index in [0.717, 1.165) is 23.1 Å². The van der Waals surface area contributed by atoms with E-state index in [4.69, 9.17) is 0 Å². The van der Waals surface area contributed by atoms with Crippen LogP contribution in [-0.4, -0.2) is 44.5 Å². The molecule has 0 aliphatic carbocycles. The van der Waals surface area contributed by atoms with Gasteiger partial charge in [0.1, 0.15) is 23.6 Å². The van der Waals surface area contributed by atoms with Crippen molar-refractivity contribution < 1.29 is 30.9 Å². The van der Waals surface area contributed by atoms with Crippen LogP contribution in [0.25, 0.3) is 0 Å². The van der Waals surface area contributed by atoms with Gasteiger partial charge in [-0.3, -0.25) is 0 Å². The summed E-state index contributed by atoms with van der Waals surface area (Å²) in [4.78, 5) is 11.2. The third-order valence-electron chi connectivity index (χ3n) is 4.53.